The van der Waals surface area contributed by atoms with Gasteiger partial charge in [-0.1, -0.05) is 19.1 Å². The second-order valence-electron chi connectivity index (χ2n) is 7.55. The zero-order chi connectivity index (χ0) is 21.3. The number of amides is 1. The van der Waals surface area contributed by atoms with E-state index in [4.69, 9.17) is 0 Å². The van der Waals surface area contributed by atoms with Crippen molar-refractivity contribution in [2.24, 2.45) is 0 Å². The van der Waals surface area contributed by atoms with E-state index in [1.807, 2.05) is 32.2 Å². The lowest BCUT2D eigenvalue weighted by atomic mass is 9.98. The minimum atomic E-state index is -0.173. The summed E-state index contributed by atoms with van der Waals surface area (Å²) in [5.41, 5.74) is 6.00. The van der Waals surface area contributed by atoms with Crippen LogP contribution in [0.25, 0.3) is 11.2 Å². The Morgan fingerprint density at radius 1 is 1.33 bits per heavy atom. The van der Waals surface area contributed by atoms with E-state index in [1.54, 1.807) is 17.6 Å². The first kappa shape index (κ1) is 20.0. The zero-order valence-corrected chi connectivity index (χ0v) is 17.5. The van der Waals surface area contributed by atoms with Crippen molar-refractivity contribution < 1.29 is 4.79 Å². The van der Waals surface area contributed by atoms with Crippen LogP contribution in [-0.2, 0) is 13.0 Å². The molecule has 2 N–H and O–H groups in total. The third-order valence-corrected chi connectivity index (χ3v) is 5.55. The number of aromatic amines is 1. The highest BCUT2D eigenvalue weighted by Gasteiger charge is 2.17. The molecule has 1 amide bonds. The predicted molar refractivity (Wildman–Crippen MR) is 115 cm³/mol. The van der Waals surface area contributed by atoms with Gasteiger partial charge < -0.3 is 10.3 Å². The number of nitrogens with zero attached hydrogens (tertiary/aromatic N) is 4. The van der Waals surface area contributed by atoms with Crippen LogP contribution in [0.2, 0.25) is 0 Å². The van der Waals surface area contributed by atoms with Gasteiger partial charge in [0.15, 0.2) is 0 Å². The summed E-state index contributed by atoms with van der Waals surface area (Å²) in [5, 5.41) is 7.22. The maximum absolute atomic E-state index is 12.0. The lowest BCUT2D eigenvalue weighted by Gasteiger charge is -2.26. The Balaban J connectivity index is 1.47. The van der Waals surface area contributed by atoms with E-state index in [0.29, 0.717) is 12.1 Å². The van der Waals surface area contributed by atoms with E-state index in [0.717, 1.165) is 54.2 Å². The highest BCUT2D eigenvalue weighted by molar-refractivity contribution is 5.92. The first-order valence-electron chi connectivity index (χ1n) is 10.2. The number of aromatic nitrogens is 4. The highest BCUT2D eigenvalue weighted by Crippen LogP contribution is 2.25. The molecule has 0 atom stereocenters. The Bertz CT molecular complexity index is 1190. The van der Waals surface area contributed by atoms with Gasteiger partial charge in [-0.25, -0.2) is 9.50 Å². The first-order valence-corrected chi connectivity index (χ1v) is 10.2. The van der Waals surface area contributed by atoms with Gasteiger partial charge in [0.1, 0.15) is 11.3 Å². The molecule has 156 valence electrons. The molecule has 0 unspecified atom stereocenters. The van der Waals surface area contributed by atoms with Crippen molar-refractivity contribution in [3.63, 3.8) is 0 Å². The van der Waals surface area contributed by atoms with Gasteiger partial charge in [0.05, 0.1) is 5.69 Å². The summed E-state index contributed by atoms with van der Waals surface area (Å²) in [5.74, 6) is -0.173. The SMILES string of the molecule is CCc1cn2nc(CN3CC=C(c4ccc(C(=O)NC)nc4C)CC3)cc2[nH]c1=O. The molecule has 0 aromatic carbocycles. The number of pyridine rings is 1. The van der Waals surface area contributed by atoms with Crippen LogP contribution in [0.4, 0.5) is 0 Å². The van der Waals surface area contributed by atoms with E-state index in [2.05, 4.69) is 31.4 Å². The molecule has 0 spiro atoms. The average Bonchev–Trinajstić information content (AvgIpc) is 3.14. The third-order valence-electron chi connectivity index (χ3n) is 5.55. The Labute approximate surface area is 174 Å². The number of H-pyrrole nitrogens is 1. The Kier molecular flexibility index (Phi) is 5.50. The number of carbonyl (C=O) groups is 1. The zero-order valence-electron chi connectivity index (χ0n) is 17.5. The molecular weight excluding hydrogens is 380 g/mol. The lowest BCUT2D eigenvalue weighted by molar-refractivity contribution is 0.0958. The molecule has 0 saturated heterocycles. The van der Waals surface area contributed by atoms with E-state index < -0.39 is 0 Å². The summed E-state index contributed by atoms with van der Waals surface area (Å²) in [4.78, 5) is 33.4. The molecule has 30 heavy (non-hydrogen) atoms. The standard InChI is InChI=1S/C22H26N6O2/c1-4-15-12-28-20(25-21(15)29)11-17(26-28)13-27-9-7-16(8-10-27)18-5-6-19(22(30)23-3)24-14(18)2/h5-7,11-12H,4,8-10,13H2,1-3H3,(H,23,30)(H,25,29). The third kappa shape index (κ3) is 3.91. The smallest absolute Gasteiger partial charge is 0.269 e. The van der Waals surface area contributed by atoms with E-state index in [-0.39, 0.29) is 11.5 Å². The highest BCUT2D eigenvalue weighted by atomic mass is 16.1. The summed E-state index contributed by atoms with van der Waals surface area (Å²) in [6.45, 7) is 6.35. The number of nitrogens with one attached hydrogen (secondary N) is 2. The maximum atomic E-state index is 12.0. The fraction of sp³-hybridized carbons (Fsp3) is 0.364. The van der Waals surface area contributed by atoms with Crippen molar-refractivity contribution in [2.45, 2.75) is 33.2 Å². The molecule has 1 aliphatic rings. The lowest BCUT2D eigenvalue weighted by Crippen LogP contribution is -2.28. The first-order chi connectivity index (χ1) is 14.5. The van der Waals surface area contributed by atoms with Crippen LogP contribution < -0.4 is 10.9 Å². The van der Waals surface area contributed by atoms with Crippen LogP contribution in [-0.4, -0.2) is 50.5 Å². The second-order valence-corrected chi connectivity index (χ2v) is 7.55. The average molecular weight is 406 g/mol. The summed E-state index contributed by atoms with van der Waals surface area (Å²) in [6.07, 6.45) is 5.62. The fourth-order valence-corrected chi connectivity index (χ4v) is 3.85. The van der Waals surface area contributed by atoms with Gasteiger partial charge in [-0.3, -0.25) is 14.5 Å². The molecule has 8 heteroatoms. The Morgan fingerprint density at radius 2 is 2.17 bits per heavy atom. The summed E-state index contributed by atoms with van der Waals surface area (Å²) in [6, 6.07) is 5.69. The quantitative estimate of drug-likeness (QED) is 0.675. The van der Waals surface area contributed by atoms with Crippen LogP contribution in [0.15, 0.2) is 35.3 Å². The number of fused-ring (bicyclic) bond motifs is 1. The Hall–Kier alpha value is -3.26. The van der Waals surface area contributed by atoms with Gasteiger partial charge in [0, 0.05) is 50.2 Å². The van der Waals surface area contributed by atoms with Crippen LogP contribution in [0.3, 0.4) is 0 Å². The minimum absolute atomic E-state index is 0.0478. The van der Waals surface area contributed by atoms with E-state index >= 15 is 0 Å². The molecule has 0 saturated carbocycles. The minimum Gasteiger partial charge on any atom is -0.354 e. The van der Waals surface area contributed by atoms with Gasteiger partial charge in [-0.15, -0.1) is 0 Å². The van der Waals surface area contributed by atoms with Crippen molar-refractivity contribution in [1.82, 2.24) is 29.8 Å². The van der Waals surface area contributed by atoms with Gasteiger partial charge in [0.2, 0.25) is 0 Å². The monoisotopic (exact) mass is 406 g/mol. The molecule has 0 radical (unpaired) electrons. The molecule has 3 aromatic rings. The molecule has 4 heterocycles. The van der Waals surface area contributed by atoms with Crippen molar-refractivity contribution in [1.29, 1.82) is 0 Å². The van der Waals surface area contributed by atoms with Crippen LogP contribution in [0.5, 0.6) is 0 Å². The number of hydrogen-bond acceptors (Lipinski definition) is 5. The summed E-state index contributed by atoms with van der Waals surface area (Å²) >= 11 is 0. The predicted octanol–water partition coefficient (Wildman–Crippen LogP) is 1.94. The van der Waals surface area contributed by atoms with Crippen LogP contribution in [0, 0.1) is 6.92 Å². The van der Waals surface area contributed by atoms with E-state index in [1.165, 1.54) is 5.57 Å². The van der Waals surface area contributed by atoms with Crippen LogP contribution >= 0.6 is 0 Å². The molecular formula is C22H26N6O2. The van der Waals surface area contributed by atoms with Gasteiger partial charge in [0.25, 0.3) is 11.5 Å². The van der Waals surface area contributed by atoms with Gasteiger partial charge in [-0.2, -0.15) is 5.10 Å². The Morgan fingerprint density at radius 3 is 2.83 bits per heavy atom. The van der Waals surface area contributed by atoms with Crippen LogP contribution in [0.1, 0.15) is 46.3 Å². The molecule has 0 fully saturated rings. The topological polar surface area (TPSA) is 95.4 Å². The number of hydrogen-bond donors (Lipinski definition) is 2. The largest absolute Gasteiger partial charge is 0.354 e. The second kappa shape index (κ2) is 8.23. The number of carbonyl (C=O) groups excluding carboxylic acids is 1. The van der Waals surface area contributed by atoms with Gasteiger partial charge in [-0.05, 0) is 37.0 Å². The van der Waals surface area contributed by atoms with Crippen molar-refractivity contribution >= 4 is 17.1 Å². The maximum Gasteiger partial charge on any atom is 0.269 e. The van der Waals surface area contributed by atoms with E-state index in [9.17, 15) is 9.59 Å². The molecule has 8 nitrogen and oxygen atoms in total. The summed E-state index contributed by atoms with van der Waals surface area (Å²) < 4.78 is 1.75. The molecule has 4 rings (SSSR count). The number of aryl methyl sites for hydroxylation is 2. The molecule has 1 aliphatic heterocycles. The molecule has 3 aromatic heterocycles. The molecule has 0 bridgehead atoms. The molecule has 0 aliphatic carbocycles. The summed E-state index contributed by atoms with van der Waals surface area (Å²) in [7, 11) is 1.61. The normalized spacial score (nSPS) is 14.7. The van der Waals surface area contributed by atoms with Crippen molar-refractivity contribution in [3.05, 3.63) is 69.0 Å². The van der Waals surface area contributed by atoms with Crippen molar-refractivity contribution in [3.8, 4) is 0 Å². The van der Waals surface area contributed by atoms with Gasteiger partial charge >= 0.3 is 0 Å². The number of rotatable bonds is 5. The van der Waals surface area contributed by atoms with Crippen molar-refractivity contribution in [2.75, 3.05) is 20.1 Å². The fourth-order valence-electron chi connectivity index (χ4n) is 3.85.